The molecule has 0 unspecified atom stereocenters. The maximum atomic E-state index is 12.6. The minimum absolute atomic E-state index is 0.00330. The van der Waals surface area contributed by atoms with Gasteiger partial charge < -0.3 is 25.2 Å². The van der Waals surface area contributed by atoms with Crippen LogP contribution < -0.4 is 4.90 Å². The van der Waals surface area contributed by atoms with Crippen molar-refractivity contribution in [2.45, 2.75) is 56.8 Å². The second kappa shape index (κ2) is 10.2. The summed E-state index contributed by atoms with van der Waals surface area (Å²) < 4.78 is 5.66. The van der Waals surface area contributed by atoms with E-state index in [1.165, 1.54) is 9.80 Å². The van der Waals surface area contributed by atoms with E-state index < -0.39 is 37.1 Å². The summed E-state index contributed by atoms with van der Waals surface area (Å²) in [5.41, 5.74) is 2.82. The predicted octanol–water partition coefficient (Wildman–Crippen LogP) is 1.62. The highest BCUT2D eigenvalue weighted by Gasteiger charge is 2.44. The van der Waals surface area contributed by atoms with Gasteiger partial charge in [0.25, 0.3) is 5.91 Å². The van der Waals surface area contributed by atoms with Gasteiger partial charge in [0.15, 0.2) is 0 Å². The van der Waals surface area contributed by atoms with E-state index in [0.29, 0.717) is 22.7 Å². The van der Waals surface area contributed by atoms with Gasteiger partial charge in [0.2, 0.25) is 0 Å². The Morgan fingerprint density at radius 1 is 1.03 bits per heavy atom. The lowest BCUT2D eigenvalue weighted by atomic mass is 9.90. The Hall–Kier alpha value is -2.53. The summed E-state index contributed by atoms with van der Waals surface area (Å²) in [6.07, 6.45) is -5.79. The smallest absolute Gasteiger partial charge is 0.331 e. The van der Waals surface area contributed by atoms with Gasteiger partial charge in [-0.3, -0.25) is 14.6 Å². The van der Waals surface area contributed by atoms with Gasteiger partial charge in [0.1, 0.15) is 37.1 Å². The van der Waals surface area contributed by atoms with E-state index in [0.717, 1.165) is 11.1 Å². The fourth-order valence-corrected chi connectivity index (χ4v) is 4.71. The number of aliphatic hydroxyl groups excluding tert-OH is 4. The summed E-state index contributed by atoms with van der Waals surface area (Å²) in [5.74, 6) is -0.231. The number of anilines is 1. The molecular formula is C25H29ClN2O7. The third-order valence-electron chi connectivity index (χ3n) is 6.45. The summed E-state index contributed by atoms with van der Waals surface area (Å²) in [5, 5.41) is 40.5. The third kappa shape index (κ3) is 4.93. The molecule has 0 aliphatic carbocycles. The molecule has 2 aliphatic heterocycles. The largest absolute Gasteiger partial charge is 0.394 e. The van der Waals surface area contributed by atoms with E-state index in [9.17, 15) is 30.0 Å². The van der Waals surface area contributed by atoms with E-state index in [-0.39, 0.29) is 24.5 Å². The highest BCUT2D eigenvalue weighted by atomic mass is 35.5. The van der Waals surface area contributed by atoms with Gasteiger partial charge in [-0.15, -0.1) is 0 Å². The number of hydrogen-bond donors (Lipinski definition) is 4. The Kier molecular flexibility index (Phi) is 7.46. The number of imide groups is 1. The van der Waals surface area contributed by atoms with Crippen LogP contribution in [0.2, 0.25) is 5.02 Å². The standard InChI is InChI=1S/C25H29ClN2O7/c1-13(2)28-20(30)11-27(25(28)34)17-6-3-14(4-7-17)9-16-10-15(5-8-18(16)26)24-23(33)22(32)21(31)19(12-29)35-24/h3-8,10,13,19,21-24,29,31-33H,9,11-12H2,1-2H3/t19-,21-,22+,23+,24+/m1/s1. The molecule has 0 bridgehead atoms. The zero-order chi connectivity index (χ0) is 25.4. The molecule has 0 aromatic heterocycles. The van der Waals surface area contributed by atoms with E-state index in [2.05, 4.69) is 0 Å². The summed E-state index contributed by atoms with van der Waals surface area (Å²) in [4.78, 5) is 27.5. The third-order valence-corrected chi connectivity index (χ3v) is 6.82. The summed E-state index contributed by atoms with van der Waals surface area (Å²) >= 11 is 6.42. The molecule has 4 N–H and O–H groups in total. The van der Waals surface area contributed by atoms with Gasteiger partial charge in [-0.05, 0) is 55.2 Å². The molecule has 2 aromatic rings. The molecule has 10 heteroatoms. The van der Waals surface area contributed by atoms with Crippen molar-refractivity contribution in [2.24, 2.45) is 0 Å². The summed E-state index contributed by atoms with van der Waals surface area (Å²) in [6.45, 7) is 3.09. The first-order valence-electron chi connectivity index (χ1n) is 11.4. The zero-order valence-corrected chi connectivity index (χ0v) is 20.2. The van der Waals surface area contributed by atoms with Crippen molar-refractivity contribution < 1.29 is 34.8 Å². The molecule has 188 valence electrons. The van der Waals surface area contributed by atoms with Crippen molar-refractivity contribution in [1.29, 1.82) is 0 Å². The number of hydrogen-bond acceptors (Lipinski definition) is 7. The lowest BCUT2D eigenvalue weighted by Gasteiger charge is -2.40. The number of urea groups is 1. The van der Waals surface area contributed by atoms with E-state index >= 15 is 0 Å². The fraction of sp³-hybridized carbons (Fsp3) is 0.440. The quantitative estimate of drug-likeness (QED) is 0.440. The Morgan fingerprint density at radius 2 is 1.71 bits per heavy atom. The number of benzene rings is 2. The minimum Gasteiger partial charge on any atom is -0.394 e. The summed E-state index contributed by atoms with van der Waals surface area (Å²) in [6, 6.07) is 11.8. The lowest BCUT2D eigenvalue weighted by Crippen LogP contribution is -2.55. The topological polar surface area (TPSA) is 131 Å². The van der Waals surface area contributed by atoms with Gasteiger partial charge in [0, 0.05) is 16.8 Å². The van der Waals surface area contributed by atoms with Crippen LogP contribution in [0.4, 0.5) is 10.5 Å². The molecular weight excluding hydrogens is 476 g/mol. The molecule has 0 spiro atoms. The maximum absolute atomic E-state index is 12.6. The van der Waals surface area contributed by atoms with Crippen molar-refractivity contribution in [3.8, 4) is 0 Å². The average molecular weight is 505 g/mol. The highest BCUT2D eigenvalue weighted by molar-refractivity contribution is 6.31. The van der Waals surface area contributed by atoms with Crippen molar-refractivity contribution in [3.63, 3.8) is 0 Å². The van der Waals surface area contributed by atoms with Crippen LogP contribution in [0.3, 0.4) is 0 Å². The maximum Gasteiger partial charge on any atom is 0.331 e. The normalized spacial score (nSPS) is 27.3. The molecule has 3 amide bonds. The Morgan fingerprint density at radius 3 is 2.31 bits per heavy atom. The molecule has 0 saturated carbocycles. The molecule has 2 saturated heterocycles. The van der Waals surface area contributed by atoms with Gasteiger partial charge in [-0.25, -0.2) is 4.79 Å². The first-order valence-corrected chi connectivity index (χ1v) is 11.8. The fourth-order valence-electron chi connectivity index (χ4n) is 4.52. The first-order chi connectivity index (χ1) is 16.6. The number of carbonyl (C=O) groups excluding carboxylic acids is 2. The number of rotatable bonds is 6. The van der Waals surface area contributed by atoms with Gasteiger partial charge >= 0.3 is 6.03 Å². The van der Waals surface area contributed by atoms with Gasteiger partial charge in [-0.1, -0.05) is 35.9 Å². The van der Waals surface area contributed by atoms with Gasteiger partial charge in [-0.2, -0.15) is 0 Å². The van der Waals surface area contributed by atoms with Crippen molar-refractivity contribution in [2.75, 3.05) is 18.1 Å². The number of amides is 3. The Balaban J connectivity index is 1.52. The van der Waals surface area contributed by atoms with Crippen molar-refractivity contribution in [3.05, 3.63) is 64.2 Å². The predicted molar refractivity (Wildman–Crippen MR) is 128 cm³/mol. The minimum atomic E-state index is -1.47. The molecule has 2 aromatic carbocycles. The van der Waals surface area contributed by atoms with Crippen LogP contribution in [-0.4, -0.2) is 80.9 Å². The number of carbonyl (C=O) groups is 2. The number of ether oxygens (including phenoxy) is 1. The SMILES string of the molecule is CC(C)N1C(=O)CN(c2ccc(Cc3cc([C@@H]4O[C@H](CO)[C@@H](O)[C@H](O)[C@@H]4O)ccc3Cl)cc2)C1=O. The number of halogens is 1. The molecule has 4 rings (SSSR count). The van der Waals surface area contributed by atoms with Crippen LogP contribution >= 0.6 is 11.6 Å². The number of aliphatic hydroxyl groups is 4. The van der Waals surface area contributed by atoms with E-state index in [1.54, 1.807) is 44.2 Å². The highest BCUT2D eigenvalue weighted by Crippen LogP contribution is 2.34. The second-order valence-electron chi connectivity index (χ2n) is 9.17. The lowest BCUT2D eigenvalue weighted by molar-refractivity contribution is -0.231. The first kappa shape index (κ1) is 25.6. The van der Waals surface area contributed by atoms with E-state index in [1.807, 2.05) is 12.1 Å². The van der Waals surface area contributed by atoms with Crippen LogP contribution in [0.25, 0.3) is 0 Å². The van der Waals surface area contributed by atoms with Crippen molar-refractivity contribution in [1.82, 2.24) is 4.90 Å². The molecule has 0 radical (unpaired) electrons. The van der Waals surface area contributed by atoms with E-state index in [4.69, 9.17) is 16.3 Å². The molecule has 5 atom stereocenters. The Bertz CT molecular complexity index is 1090. The van der Waals surface area contributed by atoms with Crippen LogP contribution in [0.1, 0.15) is 36.6 Å². The van der Waals surface area contributed by atoms with Crippen LogP contribution in [-0.2, 0) is 16.0 Å². The van der Waals surface area contributed by atoms with Crippen LogP contribution in [0.5, 0.6) is 0 Å². The monoisotopic (exact) mass is 504 g/mol. The number of nitrogens with zero attached hydrogens (tertiary/aromatic N) is 2. The zero-order valence-electron chi connectivity index (χ0n) is 19.4. The van der Waals surface area contributed by atoms with Crippen LogP contribution in [0.15, 0.2) is 42.5 Å². The Labute approximate surface area is 208 Å². The van der Waals surface area contributed by atoms with Gasteiger partial charge in [0.05, 0.1) is 6.61 Å². The molecule has 9 nitrogen and oxygen atoms in total. The van der Waals surface area contributed by atoms with Crippen LogP contribution in [0, 0.1) is 0 Å². The molecule has 2 heterocycles. The molecule has 35 heavy (non-hydrogen) atoms. The van der Waals surface area contributed by atoms with Crippen molar-refractivity contribution >= 4 is 29.2 Å². The molecule has 2 fully saturated rings. The average Bonchev–Trinajstić information content (AvgIpc) is 3.13. The summed E-state index contributed by atoms with van der Waals surface area (Å²) in [7, 11) is 0. The molecule has 2 aliphatic rings. The second-order valence-corrected chi connectivity index (χ2v) is 9.58.